The van der Waals surface area contributed by atoms with E-state index in [-0.39, 0.29) is 37.5 Å². The molecule has 0 spiro atoms. The fourth-order valence-electron chi connectivity index (χ4n) is 5.38. The van der Waals surface area contributed by atoms with Gasteiger partial charge in [-0.25, -0.2) is 4.98 Å². The fraction of sp³-hybridized carbons (Fsp3) is 0.290. The molecule has 1 amide bonds. The summed E-state index contributed by atoms with van der Waals surface area (Å²) in [5.41, 5.74) is 3.93. The smallest absolute Gasteiger partial charge is 0.271 e. The molecule has 0 radical (unpaired) electrons. The van der Waals surface area contributed by atoms with Crippen LogP contribution in [-0.4, -0.2) is 66.4 Å². The van der Waals surface area contributed by atoms with Crippen molar-refractivity contribution in [3.63, 3.8) is 0 Å². The summed E-state index contributed by atoms with van der Waals surface area (Å²) in [6, 6.07) is 21.4. The largest absolute Gasteiger partial charge is 0.454 e. The molecular weight excluding hydrogens is 632 g/mol. The Balaban J connectivity index is 0.00000212. The number of anilines is 1. The molecule has 1 saturated heterocycles. The van der Waals surface area contributed by atoms with E-state index in [1.54, 1.807) is 0 Å². The van der Waals surface area contributed by atoms with E-state index < -0.39 is 0 Å². The van der Waals surface area contributed by atoms with E-state index >= 15 is 0 Å². The Morgan fingerprint density at radius 3 is 2.44 bits per heavy atom. The molecule has 0 aliphatic carbocycles. The van der Waals surface area contributed by atoms with Gasteiger partial charge in [-0.05, 0) is 44.2 Å². The monoisotopic (exact) mass is 663 g/mol. The van der Waals surface area contributed by atoms with Crippen LogP contribution in [0.2, 0.25) is 10.0 Å². The predicted octanol–water partition coefficient (Wildman–Crippen LogP) is 6.67. The minimum Gasteiger partial charge on any atom is -0.454 e. The quantitative estimate of drug-likeness (QED) is 0.212. The molecule has 1 aromatic heterocycles. The topological polar surface area (TPSA) is 71.9 Å². The Bertz CT molecular complexity index is 1560. The van der Waals surface area contributed by atoms with Crippen LogP contribution in [0.3, 0.4) is 0 Å². The number of piperazine rings is 1. The Hall–Kier alpha value is -3.14. The van der Waals surface area contributed by atoms with Gasteiger partial charge < -0.3 is 19.7 Å². The van der Waals surface area contributed by atoms with E-state index in [1.807, 2.05) is 78.2 Å². The Kier molecular flexibility index (Phi) is 11.1. The molecule has 4 aromatic rings. The van der Waals surface area contributed by atoms with E-state index in [9.17, 15) is 4.79 Å². The number of hydrogen-bond donors (Lipinski definition) is 1. The summed E-state index contributed by atoms with van der Waals surface area (Å²) in [4.78, 5) is 22.8. The van der Waals surface area contributed by atoms with E-state index in [4.69, 9.17) is 37.7 Å². The molecule has 0 bridgehead atoms. The average Bonchev–Trinajstić information content (AvgIpc) is 3.61. The minimum atomic E-state index is -0.181. The van der Waals surface area contributed by atoms with Gasteiger partial charge in [-0.1, -0.05) is 59.6 Å². The molecule has 0 saturated carbocycles. The molecule has 2 aliphatic rings. The number of carbonyl (C=O) groups excluding carboxylic acids is 1. The van der Waals surface area contributed by atoms with Gasteiger partial charge >= 0.3 is 0 Å². The second-order valence-electron chi connectivity index (χ2n) is 10.1. The number of nitrogens with zero attached hydrogens (tertiary/aromatic N) is 4. The van der Waals surface area contributed by atoms with Crippen molar-refractivity contribution in [2.24, 2.45) is 0 Å². The van der Waals surface area contributed by atoms with Crippen LogP contribution in [-0.2, 0) is 0 Å². The summed E-state index contributed by atoms with van der Waals surface area (Å²) in [6.45, 7) is 7.20. The lowest BCUT2D eigenvalue weighted by molar-refractivity contribution is 0.0946. The summed E-state index contributed by atoms with van der Waals surface area (Å²) < 4.78 is 13.1. The zero-order valence-corrected chi connectivity index (χ0v) is 26.7. The van der Waals surface area contributed by atoms with Crippen molar-refractivity contribution in [2.75, 3.05) is 51.0 Å². The van der Waals surface area contributed by atoms with Gasteiger partial charge in [-0.15, -0.1) is 24.8 Å². The van der Waals surface area contributed by atoms with Gasteiger partial charge in [0.15, 0.2) is 11.5 Å². The van der Waals surface area contributed by atoms with Crippen LogP contribution in [0.4, 0.5) is 5.69 Å². The molecule has 6 rings (SSSR count). The minimum absolute atomic E-state index is 0. The van der Waals surface area contributed by atoms with Crippen LogP contribution < -0.4 is 19.7 Å². The number of imidazole rings is 1. The van der Waals surface area contributed by atoms with Crippen molar-refractivity contribution in [3.8, 4) is 28.6 Å². The first-order chi connectivity index (χ1) is 20.0. The number of ether oxygens (including phenoxy) is 2. The lowest BCUT2D eigenvalue weighted by atomic mass is 10.2. The lowest BCUT2D eigenvalue weighted by Gasteiger charge is -2.36. The van der Waals surface area contributed by atoms with Crippen LogP contribution in [0.1, 0.15) is 22.6 Å². The van der Waals surface area contributed by atoms with Crippen molar-refractivity contribution in [1.82, 2.24) is 19.8 Å². The van der Waals surface area contributed by atoms with Crippen molar-refractivity contribution in [1.29, 1.82) is 0 Å². The van der Waals surface area contributed by atoms with Gasteiger partial charge in [0.05, 0.1) is 27.1 Å². The standard InChI is InChI=1S/C31H31Cl2N5O3.2ClH/c1-21-29(31(39)34-13-6-14-36-15-17-37(18-16-36)25-10-5-9-24(32)28(25)33)35-30(22-7-3-2-4-8-22)38(21)23-11-12-26-27(19-23)41-20-40-26;;/h2-5,7-12,19H,6,13-18,20H2,1H3,(H,34,39);2*1H. The van der Waals surface area contributed by atoms with Gasteiger partial charge in [-0.2, -0.15) is 0 Å². The number of benzene rings is 3. The molecule has 0 atom stereocenters. The van der Waals surface area contributed by atoms with E-state index in [1.165, 1.54) is 0 Å². The Morgan fingerprint density at radius 1 is 0.930 bits per heavy atom. The maximum absolute atomic E-state index is 13.3. The summed E-state index contributed by atoms with van der Waals surface area (Å²) >= 11 is 12.6. The highest BCUT2D eigenvalue weighted by Crippen LogP contribution is 2.36. The van der Waals surface area contributed by atoms with Crippen molar-refractivity contribution in [2.45, 2.75) is 13.3 Å². The first-order valence-electron chi connectivity index (χ1n) is 13.7. The van der Waals surface area contributed by atoms with Crippen LogP contribution >= 0.6 is 48.0 Å². The highest BCUT2D eigenvalue weighted by molar-refractivity contribution is 6.43. The summed E-state index contributed by atoms with van der Waals surface area (Å²) in [6.07, 6.45) is 0.844. The molecule has 43 heavy (non-hydrogen) atoms. The molecule has 8 nitrogen and oxygen atoms in total. The maximum Gasteiger partial charge on any atom is 0.271 e. The number of amides is 1. The second-order valence-corrected chi connectivity index (χ2v) is 10.9. The third kappa shape index (κ3) is 7.00. The molecule has 1 fully saturated rings. The highest BCUT2D eigenvalue weighted by atomic mass is 35.5. The summed E-state index contributed by atoms with van der Waals surface area (Å²) in [5.74, 6) is 1.90. The van der Waals surface area contributed by atoms with Gasteiger partial charge in [-0.3, -0.25) is 14.3 Å². The van der Waals surface area contributed by atoms with Crippen molar-refractivity contribution in [3.05, 3.63) is 88.2 Å². The van der Waals surface area contributed by atoms with E-state index in [0.717, 1.165) is 61.8 Å². The number of hydrogen-bond acceptors (Lipinski definition) is 6. The van der Waals surface area contributed by atoms with Gasteiger partial charge in [0, 0.05) is 44.4 Å². The third-order valence-electron chi connectivity index (χ3n) is 7.55. The van der Waals surface area contributed by atoms with E-state index in [0.29, 0.717) is 39.6 Å². The summed E-state index contributed by atoms with van der Waals surface area (Å²) in [7, 11) is 0. The van der Waals surface area contributed by atoms with Crippen molar-refractivity contribution < 1.29 is 14.3 Å². The molecular formula is C31H33Cl4N5O3. The molecule has 12 heteroatoms. The van der Waals surface area contributed by atoms with Crippen LogP contribution in [0.5, 0.6) is 11.5 Å². The Morgan fingerprint density at radius 2 is 1.67 bits per heavy atom. The van der Waals surface area contributed by atoms with Gasteiger partial charge in [0.25, 0.3) is 5.91 Å². The van der Waals surface area contributed by atoms with Crippen LogP contribution in [0, 0.1) is 6.92 Å². The lowest BCUT2D eigenvalue weighted by Crippen LogP contribution is -2.47. The molecule has 228 valence electrons. The number of carbonyl (C=O) groups is 1. The summed E-state index contributed by atoms with van der Waals surface area (Å²) in [5, 5.41) is 4.27. The van der Waals surface area contributed by atoms with Crippen LogP contribution in [0.15, 0.2) is 66.7 Å². The number of rotatable bonds is 8. The third-order valence-corrected chi connectivity index (χ3v) is 8.36. The van der Waals surface area contributed by atoms with Crippen molar-refractivity contribution >= 4 is 59.6 Å². The van der Waals surface area contributed by atoms with E-state index in [2.05, 4.69) is 15.1 Å². The van der Waals surface area contributed by atoms with Crippen LogP contribution in [0.25, 0.3) is 17.1 Å². The first kappa shape index (κ1) is 32.8. The zero-order valence-electron chi connectivity index (χ0n) is 23.6. The Labute approximate surface area is 273 Å². The maximum atomic E-state index is 13.3. The number of halogens is 4. The van der Waals surface area contributed by atoms with Gasteiger partial charge in [0.1, 0.15) is 11.5 Å². The fourth-order valence-corrected chi connectivity index (χ4v) is 5.79. The number of aromatic nitrogens is 2. The molecule has 1 N–H and O–H groups in total. The average molecular weight is 665 g/mol. The first-order valence-corrected chi connectivity index (χ1v) is 14.5. The van der Waals surface area contributed by atoms with Gasteiger partial charge in [0.2, 0.25) is 6.79 Å². The molecule has 3 aromatic carbocycles. The SMILES string of the molecule is Cc1c(C(=O)NCCCN2CCN(c3cccc(Cl)c3Cl)CC2)nc(-c2ccccc2)n1-c1ccc2c(c1)OCO2.Cl.Cl. The highest BCUT2D eigenvalue weighted by Gasteiger charge is 2.24. The number of nitrogens with one attached hydrogen (secondary N) is 1. The predicted molar refractivity (Wildman–Crippen MR) is 176 cm³/mol. The molecule has 2 aliphatic heterocycles. The normalized spacial score (nSPS) is 14.2. The second kappa shape index (κ2) is 14.6. The number of fused-ring (bicyclic) bond motifs is 1. The zero-order chi connectivity index (χ0) is 28.3. The molecule has 0 unspecified atom stereocenters. The molecule has 3 heterocycles.